The summed E-state index contributed by atoms with van der Waals surface area (Å²) in [7, 11) is 1.88. The molecule has 0 aliphatic rings. The van der Waals surface area contributed by atoms with E-state index in [-0.39, 0.29) is 11.9 Å². The third-order valence-corrected chi connectivity index (χ3v) is 3.56. The van der Waals surface area contributed by atoms with Crippen molar-refractivity contribution < 1.29 is 4.79 Å². The van der Waals surface area contributed by atoms with Gasteiger partial charge in [-0.2, -0.15) is 0 Å². The van der Waals surface area contributed by atoms with Crippen LogP contribution in [0.15, 0.2) is 18.2 Å². The van der Waals surface area contributed by atoms with Crippen molar-refractivity contribution in [2.75, 3.05) is 32.0 Å². The fraction of sp³-hybridized carbons (Fsp3) is 0.562. The maximum atomic E-state index is 12.2. The van der Waals surface area contributed by atoms with E-state index in [0.29, 0.717) is 5.56 Å². The summed E-state index contributed by atoms with van der Waals surface area (Å²) < 4.78 is 0. The molecule has 1 unspecified atom stereocenters. The van der Waals surface area contributed by atoms with Crippen molar-refractivity contribution in [1.29, 1.82) is 0 Å². The van der Waals surface area contributed by atoms with E-state index in [1.54, 1.807) is 0 Å². The molecule has 0 bridgehead atoms. The van der Waals surface area contributed by atoms with E-state index in [2.05, 4.69) is 29.4 Å². The van der Waals surface area contributed by atoms with Gasteiger partial charge in [0.05, 0.1) is 0 Å². The molecule has 0 aliphatic heterocycles. The van der Waals surface area contributed by atoms with Crippen LogP contribution in [0.25, 0.3) is 0 Å². The van der Waals surface area contributed by atoms with Crippen LogP contribution in [0.3, 0.4) is 0 Å². The van der Waals surface area contributed by atoms with Gasteiger partial charge in [0.25, 0.3) is 5.91 Å². The van der Waals surface area contributed by atoms with E-state index < -0.39 is 0 Å². The van der Waals surface area contributed by atoms with Crippen LogP contribution in [-0.2, 0) is 0 Å². The summed E-state index contributed by atoms with van der Waals surface area (Å²) in [5.41, 5.74) is 2.85. The normalized spacial score (nSPS) is 12.3. The first kappa shape index (κ1) is 16.5. The number of likely N-dealkylation sites (N-methyl/N-ethyl adjacent to an activating group) is 1. The van der Waals surface area contributed by atoms with Gasteiger partial charge in [0.1, 0.15) is 0 Å². The molecule has 1 amide bonds. The summed E-state index contributed by atoms with van der Waals surface area (Å²) in [6.45, 7) is 11.2. The number of carbonyl (C=O) groups excluding carboxylic acids is 1. The largest absolute Gasteiger partial charge is 0.388 e. The third kappa shape index (κ3) is 4.53. The van der Waals surface area contributed by atoms with Gasteiger partial charge in [-0.1, -0.05) is 13.8 Å². The average Bonchev–Trinajstić information content (AvgIpc) is 2.44. The molecule has 0 aliphatic carbocycles. The highest BCUT2D eigenvalue weighted by molar-refractivity contribution is 5.95. The molecule has 1 aromatic carbocycles. The number of benzene rings is 1. The second kappa shape index (κ2) is 7.90. The number of hydrogen-bond donors (Lipinski definition) is 2. The molecule has 112 valence electrons. The van der Waals surface area contributed by atoms with E-state index >= 15 is 0 Å². The molecule has 0 aromatic heterocycles. The lowest BCUT2D eigenvalue weighted by Crippen LogP contribution is -2.41. The molecule has 1 rings (SSSR count). The Bertz CT molecular complexity index is 441. The second-order valence-corrected chi connectivity index (χ2v) is 5.14. The van der Waals surface area contributed by atoms with Gasteiger partial charge in [0, 0.05) is 30.9 Å². The lowest BCUT2D eigenvalue weighted by Gasteiger charge is -2.23. The van der Waals surface area contributed by atoms with Crippen molar-refractivity contribution in [3.8, 4) is 0 Å². The molecule has 4 heteroatoms. The van der Waals surface area contributed by atoms with Crippen LogP contribution < -0.4 is 10.6 Å². The molecule has 0 fully saturated rings. The van der Waals surface area contributed by atoms with Crippen molar-refractivity contribution in [1.82, 2.24) is 10.2 Å². The summed E-state index contributed by atoms with van der Waals surface area (Å²) in [5.74, 6) is -0.00425. The highest BCUT2D eigenvalue weighted by Gasteiger charge is 2.12. The van der Waals surface area contributed by atoms with Crippen LogP contribution in [0.4, 0.5) is 5.69 Å². The standard InChI is InChI=1S/C16H27N3O/c1-6-19(7-2)11-13(4)18-16(20)14-8-9-15(17-5)12(3)10-14/h8-10,13,17H,6-7,11H2,1-5H3,(H,18,20). The van der Waals surface area contributed by atoms with Crippen LogP contribution in [-0.4, -0.2) is 43.5 Å². The first-order chi connectivity index (χ1) is 9.51. The predicted octanol–water partition coefficient (Wildman–Crippen LogP) is 2.50. The van der Waals surface area contributed by atoms with Gasteiger partial charge in [-0.05, 0) is 50.7 Å². The topological polar surface area (TPSA) is 44.4 Å². The van der Waals surface area contributed by atoms with Crippen molar-refractivity contribution in [3.05, 3.63) is 29.3 Å². The second-order valence-electron chi connectivity index (χ2n) is 5.14. The number of nitrogens with one attached hydrogen (secondary N) is 2. The van der Waals surface area contributed by atoms with Gasteiger partial charge < -0.3 is 15.5 Å². The van der Waals surface area contributed by atoms with Gasteiger partial charge in [-0.25, -0.2) is 0 Å². The molecular weight excluding hydrogens is 250 g/mol. The Labute approximate surface area is 122 Å². The lowest BCUT2D eigenvalue weighted by atomic mass is 10.1. The number of hydrogen-bond acceptors (Lipinski definition) is 3. The molecule has 2 N–H and O–H groups in total. The van der Waals surface area contributed by atoms with Gasteiger partial charge in [-0.3, -0.25) is 4.79 Å². The van der Waals surface area contributed by atoms with E-state index in [9.17, 15) is 4.79 Å². The van der Waals surface area contributed by atoms with Crippen molar-refractivity contribution in [2.45, 2.75) is 33.7 Å². The number of carbonyl (C=O) groups is 1. The number of aryl methyl sites for hydroxylation is 1. The minimum atomic E-state index is -0.00425. The molecule has 0 saturated carbocycles. The molecule has 20 heavy (non-hydrogen) atoms. The monoisotopic (exact) mass is 277 g/mol. The lowest BCUT2D eigenvalue weighted by molar-refractivity contribution is 0.0930. The summed E-state index contributed by atoms with van der Waals surface area (Å²) in [6.07, 6.45) is 0. The highest BCUT2D eigenvalue weighted by Crippen LogP contribution is 2.15. The van der Waals surface area contributed by atoms with E-state index in [1.807, 2.05) is 39.1 Å². The molecule has 0 spiro atoms. The summed E-state index contributed by atoms with van der Waals surface area (Å²) in [6, 6.07) is 5.87. The number of anilines is 1. The molecule has 0 saturated heterocycles. The fourth-order valence-corrected chi connectivity index (χ4v) is 2.31. The Morgan fingerprint density at radius 1 is 1.30 bits per heavy atom. The molecule has 0 radical (unpaired) electrons. The quantitative estimate of drug-likeness (QED) is 0.805. The van der Waals surface area contributed by atoms with Crippen LogP contribution in [0.5, 0.6) is 0 Å². The molecule has 1 aromatic rings. The molecule has 0 heterocycles. The van der Waals surface area contributed by atoms with Crippen molar-refractivity contribution >= 4 is 11.6 Å². The van der Waals surface area contributed by atoms with Gasteiger partial charge in [-0.15, -0.1) is 0 Å². The van der Waals surface area contributed by atoms with Gasteiger partial charge >= 0.3 is 0 Å². The Balaban J connectivity index is 2.64. The minimum absolute atomic E-state index is 0.00425. The van der Waals surface area contributed by atoms with Crippen LogP contribution in [0.1, 0.15) is 36.7 Å². The van der Waals surface area contributed by atoms with E-state index in [1.165, 1.54) is 0 Å². The van der Waals surface area contributed by atoms with Gasteiger partial charge in [0.2, 0.25) is 0 Å². The first-order valence-electron chi connectivity index (χ1n) is 7.33. The fourth-order valence-electron chi connectivity index (χ4n) is 2.31. The van der Waals surface area contributed by atoms with Crippen LogP contribution in [0.2, 0.25) is 0 Å². The van der Waals surface area contributed by atoms with Crippen molar-refractivity contribution in [3.63, 3.8) is 0 Å². The third-order valence-electron chi connectivity index (χ3n) is 3.56. The Morgan fingerprint density at radius 3 is 2.45 bits per heavy atom. The summed E-state index contributed by atoms with van der Waals surface area (Å²) in [5, 5.41) is 6.16. The van der Waals surface area contributed by atoms with Crippen LogP contribution >= 0.6 is 0 Å². The zero-order valence-electron chi connectivity index (χ0n) is 13.3. The summed E-state index contributed by atoms with van der Waals surface area (Å²) in [4.78, 5) is 14.5. The number of nitrogens with zero attached hydrogens (tertiary/aromatic N) is 1. The average molecular weight is 277 g/mol. The molecule has 4 nitrogen and oxygen atoms in total. The van der Waals surface area contributed by atoms with E-state index in [0.717, 1.165) is 30.9 Å². The maximum absolute atomic E-state index is 12.2. The molecule has 1 atom stereocenters. The smallest absolute Gasteiger partial charge is 0.251 e. The minimum Gasteiger partial charge on any atom is -0.388 e. The molecular formula is C16H27N3O. The Hall–Kier alpha value is -1.55. The Morgan fingerprint density at radius 2 is 1.95 bits per heavy atom. The zero-order chi connectivity index (χ0) is 15.1. The van der Waals surface area contributed by atoms with Gasteiger partial charge in [0.15, 0.2) is 0 Å². The maximum Gasteiger partial charge on any atom is 0.251 e. The number of amides is 1. The van der Waals surface area contributed by atoms with Crippen LogP contribution in [0, 0.1) is 6.92 Å². The zero-order valence-corrected chi connectivity index (χ0v) is 13.3. The highest BCUT2D eigenvalue weighted by atomic mass is 16.1. The number of rotatable bonds is 7. The summed E-state index contributed by atoms with van der Waals surface area (Å²) >= 11 is 0. The first-order valence-corrected chi connectivity index (χ1v) is 7.33. The SMILES string of the molecule is CCN(CC)CC(C)NC(=O)c1ccc(NC)c(C)c1. The van der Waals surface area contributed by atoms with E-state index in [4.69, 9.17) is 0 Å². The van der Waals surface area contributed by atoms with Crippen molar-refractivity contribution in [2.24, 2.45) is 0 Å². The Kier molecular flexibility index (Phi) is 6.52. The predicted molar refractivity (Wildman–Crippen MR) is 85.4 cm³/mol.